The van der Waals surface area contributed by atoms with Crippen molar-refractivity contribution < 1.29 is 23.4 Å². The molecule has 4 nitrogen and oxygen atoms in total. The molecule has 1 aliphatic carbocycles. The second-order valence-electron chi connectivity index (χ2n) is 7.94. The van der Waals surface area contributed by atoms with E-state index in [-0.39, 0.29) is 24.3 Å². The fraction of sp³-hybridized carbons (Fsp3) is 0.708. The van der Waals surface area contributed by atoms with E-state index in [1.165, 1.54) is 12.1 Å². The number of carbonyl (C=O) groups is 1. The molecule has 1 aliphatic heterocycles. The zero-order valence-electron chi connectivity index (χ0n) is 19.3. The molecule has 0 radical (unpaired) electrons. The van der Waals surface area contributed by atoms with Crippen LogP contribution in [0.4, 0.5) is 4.39 Å². The van der Waals surface area contributed by atoms with Gasteiger partial charge in [0.2, 0.25) is 0 Å². The van der Waals surface area contributed by atoms with Gasteiger partial charge in [-0.3, -0.25) is 4.79 Å². The van der Waals surface area contributed by atoms with Crippen molar-refractivity contribution in [2.75, 3.05) is 13.2 Å². The Morgan fingerprint density at radius 2 is 1.66 bits per heavy atom. The van der Waals surface area contributed by atoms with Crippen LogP contribution >= 0.6 is 0 Å². The predicted molar refractivity (Wildman–Crippen MR) is 115 cm³/mol. The molecule has 2 fully saturated rings. The summed E-state index contributed by atoms with van der Waals surface area (Å²) in [5.41, 5.74) is 1.13. The molecule has 1 saturated carbocycles. The fourth-order valence-electron chi connectivity index (χ4n) is 3.23. The Kier molecular flexibility index (Phi) is 10.7. The molecule has 5 heteroatoms. The second-order valence-corrected chi connectivity index (χ2v) is 7.94. The molecule has 1 aromatic carbocycles. The number of ether oxygens (including phenoxy) is 3. The van der Waals surface area contributed by atoms with E-state index in [4.69, 9.17) is 14.2 Å². The lowest BCUT2D eigenvalue weighted by Crippen LogP contribution is -2.27. The molecule has 2 aliphatic rings. The Morgan fingerprint density at radius 3 is 2.17 bits per heavy atom. The van der Waals surface area contributed by atoms with Crippen molar-refractivity contribution in [3.63, 3.8) is 0 Å². The SMILES string of the molecule is CC.CC.CC(C)(C)OC(=O)Cc1cc(F)cc(OC2CCOCC2)c1C1CC1. The van der Waals surface area contributed by atoms with Gasteiger partial charge in [0.1, 0.15) is 23.3 Å². The summed E-state index contributed by atoms with van der Waals surface area (Å²) in [5.74, 6) is 0.239. The highest BCUT2D eigenvalue weighted by molar-refractivity contribution is 5.74. The maximum absolute atomic E-state index is 14.2. The van der Waals surface area contributed by atoms with Crippen molar-refractivity contribution >= 4 is 5.97 Å². The maximum atomic E-state index is 14.2. The van der Waals surface area contributed by atoms with Gasteiger partial charge < -0.3 is 14.2 Å². The van der Waals surface area contributed by atoms with Crippen molar-refractivity contribution in [2.45, 2.75) is 98.2 Å². The maximum Gasteiger partial charge on any atom is 0.310 e. The van der Waals surface area contributed by atoms with Gasteiger partial charge in [-0.05, 0) is 51.2 Å². The second kappa shape index (κ2) is 12.2. The molecular formula is C24H39FO4. The van der Waals surface area contributed by atoms with Gasteiger partial charge in [0.25, 0.3) is 0 Å². The zero-order valence-corrected chi connectivity index (χ0v) is 19.3. The number of hydrogen-bond donors (Lipinski definition) is 0. The summed E-state index contributed by atoms with van der Waals surface area (Å²) in [4.78, 5) is 12.2. The van der Waals surface area contributed by atoms with Crippen LogP contribution in [0.2, 0.25) is 0 Å². The minimum absolute atomic E-state index is 0.0439. The first-order valence-electron chi connectivity index (χ1n) is 11.1. The van der Waals surface area contributed by atoms with Crippen LogP contribution in [0, 0.1) is 5.82 Å². The lowest BCUT2D eigenvalue weighted by Gasteiger charge is -2.26. The van der Waals surface area contributed by atoms with E-state index in [1.54, 1.807) is 0 Å². The van der Waals surface area contributed by atoms with Gasteiger partial charge in [0.15, 0.2) is 0 Å². The summed E-state index contributed by atoms with van der Waals surface area (Å²) in [6.07, 6.45) is 3.84. The topological polar surface area (TPSA) is 44.8 Å². The van der Waals surface area contributed by atoms with Crippen molar-refractivity contribution in [3.05, 3.63) is 29.1 Å². The van der Waals surface area contributed by atoms with Crippen LogP contribution in [0.15, 0.2) is 12.1 Å². The van der Waals surface area contributed by atoms with Gasteiger partial charge in [-0.2, -0.15) is 0 Å². The van der Waals surface area contributed by atoms with Crippen molar-refractivity contribution in [1.29, 1.82) is 0 Å². The average molecular weight is 411 g/mol. The summed E-state index contributed by atoms with van der Waals surface area (Å²) in [6.45, 7) is 14.8. The molecule has 1 aromatic rings. The van der Waals surface area contributed by atoms with Crippen LogP contribution in [-0.4, -0.2) is 30.9 Å². The Hall–Kier alpha value is -1.62. The number of halogens is 1. The standard InChI is InChI=1S/C20H27FO4.2C2H6/c1-20(2,3)25-18(22)11-14-10-15(21)12-17(19(14)13-4-5-13)24-16-6-8-23-9-7-16;2*1-2/h10,12-13,16H,4-9,11H2,1-3H3;2*1-2H3. The average Bonchev–Trinajstić information content (AvgIpc) is 3.49. The highest BCUT2D eigenvalue weighted by Gasteiger charge is 2.32. The van der Waals surface area contributed by atoms with Crippen LogP contribution in [0.25, 0.3) is 0 Å². The van der Waals surface area contributed by atoms with Crippen LogP contribution in [-0.2, 0) is 20.7 Å². The first-order chi connectivity index (χ1) is 13.8. The van der Waals surface area contributed by atoms with E-state index in [0.29, 0.717) is 30.4 Å². The molecule has 1 saturated heterocycles. The molecule has 1 heterocycles. The Balaban J connectivity index is 0.000000989. The van der Waals surface area contributed by atoms with Crippen molar-refractivity contribution in [2.24, 2.45) is 0 Å². The smallest absolute Gasteiger partial charge is 0.310 e. The van der Waals surface area contributed by atoms with E-state index in [0.717, 1.165) is 31.2 Å². The Bertz CT molecular complexity index is 627. The minimum atomic E-state index is -0.550. The molecule has 0 N–H and O–H groups in total. The number of rotatable bonds is 5. The largest absolute Gasteiger partial charge is 0.490 e. The van der Waals surface area contributed by atoms with E-state index in [2.05, 4.69) is 0 Å². The lowest BCUT2D eigenvalue weighted by molar-refractivity contribution is -0.153. The number of esters is 1. The van der Waals surface area contributed by atoms with Gasteiger partial charge in [-0.15, -0.1) is 0 Å². The monoisotopic (exact) mass is 410 g/mol. The van der Waals surface area contributed by atoms with E-state index >= 15 is 0 Å². The molecule has 0 spiro atoms. The highest BCUT2D eigenvalue weighted by Crippen LogP contribution is 2.47. The van der Waals surface area contributed by atoms with Crippen molar-refractivity contribution in [1.82, 2.24) is 0 Å². The zero-order chi connectivity index (χ0) is 22.0. The number of carbonyl (C=O) groups excluding carboxylic acids is 1. The van der Waals surface area contributed by atoms with Gasteiger partial charge >= 0.3 is 5.97 Å². The summed E-state index contributed by atoms with van der Waals surface area (Å²) in [7, 11) is 0. The lowest BCUT2D eigenvalue weighted by atomic mass is 9.98. The van der Waals surface area contributed by atoms with Crippen LogP contribution in [0.5, 0.6) is 5.75 Å². The molecule has 166 valence electrons. The summed E-state index contributed by atoms with van der Waals surface area (Å²) in [6, 6.07) is 2.91. The minimum Gasteiger partial charge on any atom is -0.490 e. The predicted octanol–water partition coefficient (Wildman–Crippen LogP) is 6.20. The quantitative estimate of drug-likeness (QED) is 0.542. The van der Waals surface area contributed by atoms with E-state index < -0.39 is 5.60 Å². The fourth-order valence-corrected chi connectivity index (χ4v) is 3.23. The van der Waals surface area contributed by atoms with E-state index in [1.807, 2.05) is 48.5 Å². The molecule has 0 amide bonds. The molecule has 0 aromatic heterocycles. The van der Waals surface area contributed by atoms with Crippen LogP contribution in [0.3, 0.4) is 0 Å². The molecule has 0 bridgehead atoms. The third-order valence-electron chi connectivity index (χ3n) is 4.39. The Labute approximate surface area is 176 Å². The molecule has 0 unspecified atom stereocenters. The first kappa shape index (κ1) is 25.4. The molecular weight excluding hydrogens is 371 g/mol. The van der Waals surface area contributed by atoms with Crippen LogP contribution < -0.4 is 4.74 Å². The van der Waals surface area contributed by atoms with Gasteiger partial charge in [-0.25, -0.2) is 4.39 Å². The molecule has 3 rings (SSSR count). The number of hydrogen-bond acceptors (Lipinski definition) is 4. The first-order valence-corrected chi connectivity index (χ1v) is 11.1. The molecule has 29 heavy (non-hydrogen) atoms. The van der Waals surface area contributed by atoms with Gasteiger partial charge in [0, 0.05) is 24.5 Å². The summed E-state index contributed by atoms with van der Waals surface area (Å²) < 4.78 is 31.1. The van der Waals surface area contributed by atoms with Gasteiger partial charge in [-0.1, -0.05) is 27.7 Å². The normalized spacial score (nSPS) is 16.7. The molecule has 0 atom stereocenters. The third kappa shape index (κ3) is 8.73. The Morgan fingerprint density at radius 1 is 1.07 bits per heavy atom. The van der Waals surface area contributed by atoms with Gasteiger partial charge in [0.05, 0.1) is 19.6 Å². The summed E-state index contributed by atoms with van der Waals surface area (Å²) in [5, 5.41) is 0. The number of benzene rings is 1. The van der Waals surface area contributed by atoms with Crippen LogP contribution in [0.1, 0.15) is 91.2 Å². The third-order valence-corrected chi connectivity index (χ3v) is 4.39. The highest BCUT2D eigenvalue weighted by atomic mass is 19.1. The summed E-state index contributed by atoms with van der Waals surface area (Å²) >= 11 is 0. The van der Waals surface area contributed by atoms with E-state index in [9.17, 15) is 9.18 Å². The van der Waals surface area contributed by atoms with Crippen molar-refractivity contribution in [3.8, 4) is 5.75 Å².